The highest BCUT2D eigenvalue weighted by Gasteiger charge is 2.15. The Bertz CT molecular complexity index is 1120. The largest absolute Gasteiger partial charge is 0.494 e. The SMILES string of the molecule is COc1cccc2c1nc(Nc1ccc3c(c1)NCCO3)c1[nH]ncc12. The number of nitrogens with zero attached hydrogens (tertiary/aromatic N) is 2. The van der Waals surface area contributed by atoms with Gasteiger partial charge in [0.2, 0.25) is 0 Å². The van der Waals surface area contributed by atoms with Gasteiger partial charge in [0, 0.05) is 23.0 Å². The second-order valence-electron chi connectivity index (χ2n) is 6.09. The van der Waals surface area contributed by atoms with E-state index in [-0.39, 0.29) is 0 Å². The molecular weight excluding hydrogens is 330 g/mol. The average molecular weight is 347 g/mol. The third-order valence-corrected chi connectivity index (χ3v) is 4.53. The van der Waals surface area contributed by atoms with Gasteiger partial charge >= 0.3 is 0 Å². The minimum Gasteiger partial charge on any atom is -0.494 e. The molecule has 0 radical (unpaired) electrons. The number of pyridine rings is 1. The number of rotatable bonds is 3. The fraction of sp³-hybridized carbons (Fsp3) is 0.158. The molecule has 2 aromatic carbocycles. The van der Waals surface area contributed by atoms with Crippen LogP contribution < -0.4 is 20.1 Å². The molecule has 1 aliphatic rings. The van der Waals surface area contributed by atoms with Crippen LogP contribution in [0, 0.1) is 0 Å². The van der Waals surface area contributed by atoms with Crippen molar-refractivity contribution in [2.75, 3.05) is 30.9 Å². The van der Waals surface area contributed by atoms with Gasteiger partial charge in [-0.15, -0.1) is 0 Å². The first-order chi connectivity index (χ1) is 12.8. The molecule has 0 saturated heterocycles. The first-order valence-electron chi connectivity index (χ1n) is 8.41. The lowest BCUT2D eigenvalue weighted by Gasteiger charge is -2.20. The van der Waals surface area contributed by atoms with Crippen LogP contribution >= 0.6 is 0 Å². The Morgan fingerprint density at radius 3 is 3.08 bits per heavy atom. The Hall–Kier alpha value is -3.48. The van der Waals surface area contributed by atoms with E-state index in [1.54, 1.807) is 7.11 Å². The summed E-state index contributed by atoms with van der Waals surface area (Å²) in [5.41, 5.74) is 3.54. The van der Waals surface area contributed by atoms with Crippen LogP contribution in [0.3, 0.4) is 0 Å². The summed E-state index contributed by atoms with van der Waals surface area (Å²) in [4.78, 5) is 4.79. The fourth-order valence-electron chi connectivity index (χ4n) is 3.30. The minimum absolute atomic E-state index is 0.681. The van der Waals surface area contributed by atoms with Crippen molar-refractivity contribution in [1.82, 2.24) is 15.2 Å². The quantitative estimate of drug-likeness (QED) is 0.524. The fourth-order valence-corrected chi connectivity index (χ4v) is 3.30. The maximum atomic E-state index is 5.64. The zero-order chi connectivity index (χ0) is 17.5. The van der Waals surface area contributed by atoms with Crippen molar-refractivity contribution in [2.24, 2.45) is 0 Å². The van der Waals surface area contributed by atoms with E-state index >= 15 is 0 Å². The molecule has 4 aromatic rings. The van der Waals surface area contributed by atoms with Gasteiger partial charge in [0.25, 0.3) is 0 Å². The van der Waals surface area contributed by atoms with Gasteiger partial charge in [0.15, 0.2) is 5.82 Å². The summed E-state index contributed by atoms with van der Waals surface area (Å²) in [6.07, 6.45) is 1.81. The summed E-state index contributed by atoms with van der Waals surface area (Å²) in [7, 11) is 1.65. The Balaban J connectivity index is 1.65. The minimum atomic E-state index is 0.681. The Labute approximate surface area is 149 Å². The molecule has 0 amide bonds. The monoisotopic (exact) mass is 347 g/mol. The number of para-hydroxylation sites is 1. The first kappa shape index (κ1) is 14.8. The van der Waals surface area contributed by atoms with E-state index in [4.69, 9.17) is 14.5 Å². The smallest absolute Gasteiger partial charge is 0.157 e. The average Bonchev–Trinajstić information content (AvgIpc) is 3.18. The number of H-pyrrole nitrogens is 1. The molecule has 3 heterocycles. The van der Waals surface area contributed by atoms with Crippen molar-refractivity contribution in [3.05, 3.63) is 42.6 Å². The van der Waals surface area contributed by atoms with E-state index < -0.39 is 0 Å². The molecule has 1 aliphatic heterocycles. The summed E-state index contributed by atoms with van der Waals surface area (Å²) in [5, 5.41) is 16.0. The van der Waals surface area contributed by atoms with Gasteiger partial charge in [-0.05, 0) is 24.3 Å². The number of aromatic amines is 1. The molecule has 0 spiro atoms. The Kier molecular flexibility index (Phi) is 3.31. The number of ether oxygens (including phenoxy) is 2. The number of hydrogen-bond donors (Lipinski definition) is 3. The highest BCUT2D eigenvalue weighted by atomic mass is 16.5. The van der Waals surface area contributed by atoms with Crippen LogP contribution in [-0.4, -0.2) is 35.4 Å². The molecule has 0 atom stereocenters. The third kappa shape index (κ3) is 2.28. The molecular formula is C19H17N5O2. The van der Waals surface area contributed by atoms with Crippen LogP contribution in [0.15, 0.2) is 42.6 Å². The third-order valence-electron chi connectivity index (χ3n) is 4.53. The summed E-state index contributed by atoms with van der Waals surface area (Å²) in [6, 6.07) is 11.8. The van der Waals surface area contributed by atoms with Crippen molar-refractivity contribution in [3.8, 4) is 11.5 Å². The van der Waals surface area contributed by atoms with E-state index in [1.807, 2.05) is 42.6 Å². The molecule has 0 unspecified atom stereocenters. The van der Waals surface area contributed by atoms with Gasteiger partial charge in [0.1, 0.15) is 29.1 Å². The lowest BCUT2D eigenvalue weighted by Crippen LogP contribution is -2.17. The summed E-state index contributed by atoms with van der Waals surface area (Å²) >= 11 is 0. The molecule has 0 bridgehead atoms. The van der Waals surface area contributed by atoms with E-state index in [1.165, 1.54) is 0 Å². The second-order valence-corrected chi connectivity index (χ2v) is 6.09. The van der Waals surface area contributed by atoms with Gasteiger partial charge in [-0.3, -0.25) is 5.10 Å². The number of aromatic nitrogens is 3. The van der Waals surface area contributed by atoms with Crippen LogP contribution in [0.25, 0.3) is 21.8 Å². The molecule has 0 saturated carbocycles. The number of nitrogens with one attached hydrogen (secondary N) is 3. The topological polar surface area (TPSA) is 84.1 Å². The number of benzene rings is 2. The maximum absolute atomic E-state index is 5.64. The Morgan fingerprint density at radius 2 is 2.15 bits per heavy atom. The van der Waals surface area contributed by atoms with E-state index in [0.29, 0.717) is 12.4 Å². The van der Waals surface area contributed by atoms with Gasteiger partial charge in [-0.1, -0.05) is 12.1 Å². The van der Waals surface area contributed by atoms with Crippen LogP contribution in [0.1, 0.15) is 0 Å². The normalized spacial score (nSPS) is 13.1. The predicted octanol–water partition coefficient (Wildman–Crippen LogP) is 3.67. The molecule has 3 N–H and O–H groups in total. The first-order valence-corrected chi connectivity index (χ1v) is 8.41. The number of anilines is 3. The molecule has 0 fully saturated rings. The van der Waals surface area contributed by atoms with Crippen molar-refractivity contribution < 1.29 is 9.47 Å². The maximum Gasteiger partial charge on any atom is 0.157 e. The van der Waals surface area contributed by atoms with Crippen LogP contribution in [-0.2, 0) is 0 Å². The van der Waals surface area contributed by atoms with Crippen molar-refractivity contribution in [2.45, 2.75) is 0 Å². The van der Waals surface area contributed by atoms with Crippen LogP contribution in [0.5, 0.6) is 11.5 Å². The van der Waals surface area contributed by atoms with Crippen LogP contribution in [0.2, 0.25) is 0 Å². The molecule has 0 aliphatic carbocycles. The van der Waals surface area contributed by atoms with E-state index in [0.717, 1.165) is 51.2 Å². The lowest BCUT2D eigenvalue weighted by molar-refractivity contribution is 0.323. The molecule has 26 heavy (non-hydrogen) atoms. The lowest BCUT2D eigenvalue weighted by atomic mass is 10.1. The van der Waals surface area contributed by atoms with Gasteiger partial charge in [-0.2, -0.15) is 5.10 Å². The van der Waals surface area contributed by atoms with Crippen LogP contribution in [0.4, 0.5) is 17.2 Å². The number of fused-ring (bicyclic) bond motifs is 4. The molecule has 7 heteroatoms. The van der Waals surface area contributed by atoms with Crippen molar-refractivity contribution >= 4 is 39.0 Å². The summed E-state index contributed by atoms with van der Waals surface area (Å²) in [6.45, 7) is 1.48. The number of hydrogen-bond acceptors (Lipinski definition) is 6. The van der Waals surface area contributed by atoms with E-state index in [2.05, 4.69) is 20.8 Å². The summed E-state index contributed by atoms with van der Waals surface area (Å²) < 4.78 is 11.1. The van der Waals surface area contributed by atoms with Crippen molar-refractivity contribution in [3.63, 3.8) is 0 Å². The Morgan fingerprint density at radius 1 is 1.19 bits per heavy atom. The second kappa shape index (κ2) is 5.80. The number of methoxy groups -OCH3 is 1. The van der Waals surface area contributed by atoms with E-state index in [9.17, 15) is 0 Å². The highest BCUT2D eigenvalue weighted by molar-refractivity contribution is 6.10. The van der Waals surface area contributed by atoms with Gasteiger partial charge in [0.05, 0.1) is 19.0 Å². The zero-order valence-corrected chi connectivity index (χ0v) is 14.2. The summed E-state index contributed by atoms with van der Waals surface area (Å²) in [5.74, 6) is 2.29. The van der Waals surface area contributed by atoms with Gasteiger partial charge in [-0.25, -0.2) is 4.98 Å². The van der Waals surface area contributed by atoms with Gasteiger partial charge < -0.3 is 20.1 Å². The predicted molar refractivity (Wildman–Crippen MR) is 102 cm³/mol. The zero-order valence-electron chi connectivity index (χ0n) is 14.2. The molecule has 2 aromatic heterocycles. The molecule has 5 rings (SSSR count). The molecule has 7 nitrogen and oxygen atoms in total. The van der Waals surface area contributed by atoms with Crippen molar-refractivity contribution in [1.29, 1.82) is 0 Å². The molecule has 130 valence electrons. The highest BCUT2D eigenvalue weighted by Crippen LogP contribution is 2.35. The standard InChI is InChI=1S/C19H17N5O2/c1-25-16-4-2-3-12-13-10-21-24-18(13)19(23-17(12)16)22-11-5-6-15-14(9-11)20-7-8-26-15/h2-6,9-10,20H,7-8H2,1H3,(H,21,24)(H,22,23).